The molecule has 180 valence electrons. The number of nitrogens with one attached hydrogen (secondary N) is 1. The molecule has 1 aromatic carbocycles. The molecule has 4 nitrogen and oxygen atoms in total. The molecular weight excluding hydrogens is 434 g/mol. The molecule has 0 atom stereocenters. The van der Waals surface area contributed by atoms with E-state index < -0.39 is 17.6 Å². The zero-order valence-corrected chi connectivity index (χ0v) is 18.8. The Morgan fingerprint density at radius 3 is 2.58 bits per heavy atom. The standard InChI is InChI=1S/C25H31F4N3O/c26-22-16-20(15-21(17-22)25(27,28)29)19-9-13-32(14-10-19)12-8-18-4-6-23(7-5-18)31-24(33)3-1-2-11-30/h9,15-18,23H,1-8,10,12-14H2,(H,31,33)/t18-,23-. The smallest absolute Gasteiger partial charge is 0.353 e. The molecule has 3 rings (SSSR count). The molecule has 1 fully saturated rings. The SMILES string of the molecule is N#CCCCC(=O)N[C@H]1CC[C@H](CCN2CC=C(c3cc(F)cc(C(F)(F)F)c3)CC2)CC1. The summed E-state index contributed by atoms with van der Waals surface area (Å²) in [4.78, 5) is 14.2. The molecule has 1 aliphatic heterocycles. The van der Waals surface area contributed by atoms with E-state index in [1.165, 1.54) is 6.07 Å². The van der Waals surface area contributed by atoms with Crippen molar-refractivity contribution in [3.8, 4) is 6.07 Å². The first kappa shape index (κ1) is 25.2. The summed E-state index contributed by atoms with van der Waals surface area (Å²) >= 11 is 0. The van der Waals surface area contributed by atoms with Crippen LogP contribution in [0.25, 0.3) is 5.57 Å². The number of benzene rings is 1. The fourth-order valence-electron chi connectivity index (χ4n) is 4.70. The molecule has 1 amide bonds. The van der Waals surface area contributed by atoms with Gasteiger partial charge in [-0.1, -0.05) is 6.08 Å². The maximum atomic E-state index is 13.7. The third-order valence-corrected chi connectivity index (χ3v) is 6.65. The van der Waals surface area contributed by atoms with E-state index in [0.717, 1.165) is 56.8 Å². The first-order valence-electron chi connectivity index (χ1n) is 11.7. The van der Waals surface area contributed by atoms with Crippen LogP contribution in [0.3, 0.4) is 0 Å². The summed E-state index contributed by atoms with van der Waals surface area (Å²) < 4.78 is 52.6. The van der Waals surface area contributed by atoms with Crippen LogP contribution in [0.1, 0.15) is 68.9 Å². The summed E-state index contributed by atoms with van der Waals surface area (Å²) in [6.07, 6.45) is 4.52. The summed E-state index contributed by atoms with van der Waals surface area (Å²) in [5.41, 5.74) is 0.132. The summed E-state index contributed by atoms with van der Waals surface area (Å²) in [7, 11) is 0. The van der Waals surface area contributed by atoms with Gasteiger partial charge in [-0.2, -0.15) is 18.4 Å². The van der Waals surface area contributed by atoms with Crippen molar-refractivity contribution in [1.29, 1.82) is 5.26 Å². The van der Waals surface area contributed by atoms with Gasteiger partial charge in [-0.3, -0.25) is 9.69 Å². The van der Waals surface area contributed by atoms with Crippen LogP contribution in [-0.2, 0) is 11.0 Å². The van der Waals surface area contributed by atoms with Gasteiger partial charge in [0.05, 0.1) is 11.6 Å². The molecule has 0 saturated heterocycles. The fourth-order valence-corrected chi connectivity index (χ4v) is 4.70. The second-order valence-electron chi connectivity index (χ2n) is 9.09. The van der Waals surface area contributed by atoms with Crippen LogP contribution >= 0.6 is 0 Å². The highest BCUT2D eigenvalue weighted by Crippen LogP contribution is 2.33. The van der Waals surface area contributed by atoms with E-state index in [2.05, 4.69) is 16.3 Å². The second-order valence-corrected chi connectivity index (χ2v) is 9.09. The van der Waals surface area contributed by atoms with Crippen LogP contribution < -0.4 is 5.32 Å². The van der Waals surface area contributed by atoms with Crippen LogP contribution in [0, 0.1) is 23.1 Å². The third-order valence-electron chi connectivity index (χ3n) is 6.65. The zero-order valence-electron chi connectivity index (χ0n) is 18.8. The average Bonchev–Trinajstić information content (AvgIpc) is 2.78. The molecule has 0 aromatic heterocycles. The lowest BCUT2D eigenvalue weighted by Gasteiger charge is -2.32. The van der Waals surface area contributed by atoms with Gasteiger partial charge in [-0.15, -0.1) is 0 Å². The van der Waals surface area contributed by atoms with Gasteiger partial charge < -0.3 is 5.32 Å². The van der Waals surface area contributed by atoms with Crippen molar-refractivity contribution in [2.24, 2.45) is 5.92 Å². The molecule has 33 heavy (non-hydrogen) atoms. The number of halogens is 4. The molecule has 1 N–H and O–H groups in total. The predicted octanol–water partition coefficient (Wildman–Crippen LogP) is 5.69. The van der Waals surface area contributed by atoms with Crippen LogP contribution in [0.4, 0.5) is 17.6 Å². The summed E-state index contributed by atoms with van der Waals surface area (Å²) in [6.45, 7) is 2.33. The number of nitriles is 1. The third kappa shape index (κ3) is 7.85. The molecular formula is C25H31F4N3O. The van der Waals surface area contributed by atoms with Crippen molar-refractivity contribution in [3.05, 3.63) is 41.2 Å². The number of carbonyl (C=O) groups is 1. The lowest BCUT2D eigenvalue weighted by Crippen LogP contribution is -2.38. The van der Waals surface area contributed by atoms with E-state index in [0.29, 0.717) is 49.8 Å². The van der Waals surface area contributed by atoms with Gasteiger partial charge in [0, 0.05) is 32.0 Å². The average molecular weight is 466 g/mol. The summed E-state index contributed by atoms with van der Waals surface area (Å²) in [5.74, 6) is -0.220. The minimum atomic E-state index is -4.56. The van der Waals surface area contributed by atoms with E-state index in [1.54, 1.807) is 0 Å². The molecule has 1 saturated carbocycles. The lowest BCUT2D eigenvalue weighted by atomic mass is 9.84. The van der Waals surface area contributed by atoms with Crippen molar-refractivity contribution in [2.45, 2.75) is 70.0 Å². The second kappa shape index (κ2) is 11.6. The normalized spacial score (nSPS) is 21.8. The van der Waals surface area contributed by atoms with Crippen molar-refractivity contribution in [1.82, 2.24) is 10.2 Å². The zero-order chi connectivity index (χ0) is 23.8. The number of hydrogen-bond acceptors (Lipinski definition) is 3. The molecule has 0 radical (unpaired) electrons. The highest BCUT2D eigenvalue weighted by molar-refractivity contribution is 5.76. The number of alkyl halides is 3. The highest BCUT2D eigenvalue weighted by Gasteiger charge is 2.32. The van der Waals surface area contributed by atoms with Crippen molar-refractivity contribution in [3.63, 3.8) is 0 Å². The Hall–Kier alpha value is -2.40. The van der Waals surface area contributed by atoms with Crippen LogP contribution in [0.5, 0.6) is 0 Å². The predicted molar refractivity (Wildman–Crippen MR) is 118 cm³/mol. The first-order valence-corrected chi connectivity index (χ1v) is 11.7. The van der Waals surface area contributed by atoms with Gasteiger partial charge in [-0.25, -0.2) is 4.39 Å². The van der Waals surface area contributed by atoms with Gasteiger partial charge >= 0.3 is 6.18 Å². The Morgan fingerprint density at radius 1 is 1.18 bits per heavy atom. The largest absolute Gasteiger partial charge is 0.416 e. The molecule has 0 unspecified atom stereocenters. The number of unbranched alkanes of at least 4 members (excludes halogenated alkanes) is 1. The Bertz CT molecular complexity index is 883. The monoisotopic (exact) mass is 465 g/mol. The van der Waals surface area contributed by atoms with E-state index in [4.69, 9.17) is 5.26 Å². The van der Waals surface area contributed by atoms with Crippen LogP contribution in [-0.4, -0.2) is 36.5 Å². The number of carbonyl (C=O) groups excluding carboxylic acids is 1. The number of hydrogen-bond donors (Lipinski definition) is 1. The van der Waals surface area contributed by atoms with Gasteiger partial charge in [0.2, 0.25) is 5.91 Å². The lowest BCUT2D eigenvalue weighted by molar-refractivity contribution is -0.137. The quantitative estimate of drug-likeness (QED) is 0.396. The summed E-state index contributed by atoms with van der Waals surface area (Å²) in [5, 5.41) is 11.6. The maximum Gasteiger partial charge on any atom is 0.416 e. The Labute approximate surface area is 192 Å². The minimum absolute atomic E-state index is 0.0326. The van der Waals surface area contributed by atoms with Crippen molar-refractivity contribution < 1.29 is 22.4 Å². The van der Waals surface area contributed by atoms with E-state index in [-0.39, 0.29) is 11.9 Å². The van der Waals surface area contributed by atoms with E-state index >= 15 is 0 Å². The van der Waals surface area contributed by atoms with Gasteiger partial charge in [0.25, 0.3) is 0 Å². The van der Waals surface area contributed by atoms with Crippen LogP contribution in [0.2, 0.25) is 0 Å². The fraction of sp³-hybridized carbons (Fsp3) is 0.600. The first-order chi connectivity index (χ1) is 15.7. The van der Waals surface area contributed by atoms with Crippen molar-refractivity contribution in [2.75, 3.05) is 19.6 Å². The Kier molecular flexibility index (Phi) is 8.90. The van der Waals surface area contributed by atoms with Crippen LogP contribution in [0.15, 0.2) is 24.3 Å². The van der Waals surface area contributed by atoms with Gasteiger partial charge in [0.1, 0.15) is 5.82 Å². The maximum absolute atomic E-state index is 13.7. The van der Waals surface area contributed by atoms with Gasteiger partial charge in [-0.05, 0) is 86.7 Å². The molecule has 1 aromatic rings. The minimum Gasteiger partial charge on any atom is -0.353 e. The number of amides is 1. The molecule has 1 heterocycles. The van der Waals surface area contributed by atoms with Crippen molar-refractivity contribution >= 4 is 11.5 Å². The molecule has 0 bridgehead atoms. The molecule has 2 aliphatic rings. The topological polar surface area (TPSA) is 56.1 Å². The van der Waals surface area contributed by atoms with E-state index in [9.17, 15) is 22.4 Å². The van der Waals surface area contributed by atoms with E-state index in [1.807, 2.05) is 6.08 Å². The molecule has 8 heteroatoms. The van der Waals surface area contributed by atoms with Gasteiger partial charge in [0.15, 0.2) is 0 Å². The molecule has 1 aliphatic carbocycles. The summed E-state index contributed by atoms with van der Waals surface area (Å²) in [6, 6.07) is 5.02. The Balaban J connectivity index is 1.40. The molecule has 0 spiro atoms. The number of rotatable bonds is 8. The number of nitrogens with zero attached hydrogens (tertiary/aromatic N) is 2. The highest BCUT2D eigenvalue weighted by atomic mass is 19.4. The Morgan fingerprint density at radius 2 is 1.94 bits per heavy atom.